The van der Waals surface area contributed by atoms with Gasteiger partial charge in [-0.3, -0.25) is 4.98 Å². The maximum absolute atomic E-state index is 10.7. The molecule has 3 aromatic rings. The van der Waals surface area contributed by atoms with E-state index < -0.39 is 6.09 Å². The van der Waals surface area contributed by atoms with Crippen LogP contribution in [0.4, 0.5) is 4.79 Å². The van der Waals surface area contributed by atoms with Crippen molar-refractivity contribution in [3.05, 3.63) is 34.7 Å². The summed E-state index contributed by atoms with van der Waals surface area (Å²) in [7, 11) is 0. The van der Waals surface area contributed by atoms with Crippen LogP contribution in [0.5, 0.6) is 0 Å². The molecule has 1 aromatic carbocycles. The van der Waals surface area contributed by atoms with Crippen LogP contribution in [0.2, 0.25) is 0 Å². The molecule has 138 valence electrons. The second-order valence-electron chi connectivity index (χ2n) is 5.84. The summed E-state index contributed by atoms with van der Waals surface area (Å²) < 4.78 is 13.5. The number of hydrogen-bond donors (Lipinski definition) is 1. The number of fused-ring (bicyclic) bond motifs is 3. The maximum Gasteiger partial charge on any atom is 0.404 e. The number of aromatic nitrogens is 3. The minimum absolute atomic E-state index is 0.317. The molecule has 0 atom stereocenters. The average Bonchev–Trinajstić information content (AvgIpc) is 2.97. The minimum Gasteiger partial charge on any atom is -0.450 e. The van der Waals surface area contributed by atoms with Crippen LogP contribution in [0.25, 0.3) is 21.9 Å². The average molecular weight is 421 g/mol. The smallest absolute Gasteiger partial charge is 0.404 e. The number of hydrogen-bond acceptors (Lipinski definition) is 5. The number of carbonyl (C=O) groups is 1. The second-order valence-corrected chi connectivity index (χ2v) is 6.76. The molecule has 0 aliphatic carbocycles. The third-order valence-electron chi connectivity index (χ3n) is 4.07. The van der Waals surface area contributed by atoms with Crippen molar-refractivity contribution < 1.29 is 14.3 Å². The van der Waals surface area contributed by atoms with E-state index >= 15 is 0 Å². The van der Waals surface area contributed by atoms with Gasteiger partial charge in [-0.2, -0.15) is 0 Å². The number of nitrogens with zero attached hydrogens (tertiary/aromatic N) is 3. The number of primary amides is 1. The summed E-state index contributed by atoms with van der Waals surface area (Å²) in [6, 6.07) is 6.05. The highest BCUT2D eigenvalue weighted by atomic mass is 79.9. The van der Waals surface area contributed by atoms with E-state index in [1.807, 2.05) is 25.1 Å². The predicted molar refractivity (Wildman–Crippen MR) is 103 cm³/mol. The highest BCUT2D eigenvalue weighted by Gasteiger charge is 2.14. The Kier molecular flexibility index (Phi) is 6.05. The molecule has 2 aromatic heterocycles. The van der Waals surface area contributed by atoms with Gasteiger partial charge in [0.1, 0.15) is 17.9 Å². The number of benzene rings is 1. The molecule has 26 heavy (non-hydrogen) atoms. The van der Waals surface area contributed by atoms with Crippen LogP contribution < -0.4 is 5.73 Å². The maximum atomic E-state index is 10.7. The molecule has 2 N–H and O–H groups in total. The Morgan fingerprint density at radius 1 is 1.31 bits per heavy atom. The van der Waals surface area contributed by atoms with Crippen molar-refractivity contribution in [1.29, 1.82) is 0 Å². The van der Waals surface area contributed by atoms with Gasteiger partial charge in [-0.1, -0.05) is 15.9 Å². The summed E-state index contributed by atoms with van der Waals surface area (Å²) in [4.78, 5) is 19.9. The molecule has 0 aliphatic heterocycles. The first-order valence-corrected chi connectivity index (χ1v) is 9.32. The number of carbonyl (C=O) groups excluding carboxylic acids is 1. The standard InChI is InChI=1S/C18H21BrN4O3/c1-2-25-11-16-22-15-10-21-14-9-12(19)5-6-13(14)17(15)23(16)7-3-4-8-26-18(20)24/h5-6,9-10H,2-4,7-8,11H2,1H3,(H2,20,24). The quantitative estimate of drug-likeness (QED) is 0.559. The van der Waals surface area contributed by atoms with E-state index in [0.717, 1.165) is 51.6 Å². The molecule has 7 nitrogen and oxygen atoms in total. The van der Waals surface area contributed by atoms with Crippen molar-refractivity contribution in [2.24, 2.45) is 5.73 Å². The Bertz CT molecular complexity index is 926. The van der Waals surface area contributed by atoms with Gasteiger partial charge < -0.3 is 19.8 Å². The van der Waals surface area contributed by atoms with E-state index in [4.69, 9.17) is 20.2 Å². The first kappa shape index (κ1) is 18.6. The van der Waals surface area contributed by atoms with Gasteiger partial charge in [-0.15, -0.1) is 0 Å². The van der Waals surface area contributed by atoms with Gasteiger partial charge in [-0.05, 0) is 38.0 Å². The lowest BCUT2D eigenvalue weighted by Crippen LogP contribution is -2.14. The van der Waals surface area contributed by atoms with Gasteiger partial charge in [0.2, 0.25) is 0 Å². The Balaban J connectivity index is 1.94. The van der Waals surface area contributed by atoms with E-state index in [-0.39, 0.29) is 0 Å². The van der Waals surface area contributed by atoms with Crippen molar-refractivity contribution in [1.82, 2.24) is 14.5 Å². The first-order chi connectivity index (χ1) is 12.6. The number of pyridine rings is 1. The summed E-state index contributed by atoms with van der Waals surface area (Å²) in [5, 5.41) is 1.05. The Labute approximate surface area is 159 Å². The summed E-state index contributed by atoms with van der Waals surface area (Å²) >= 11 is 3.49. The molecule has 1 amide bonds. The largest absolute Gasteiger partial charge is 0.450 e. The Morgan fingerprint density at radius 2 is 2.15 bits per heavy atom. The van der Waals surface area contributed by atoms with Crippen LogP contribution in [0, 0.1) is 0 Å². The lowest BCUT2D eigenvalue weighted by atomic mass is 10.2. The number of halogens is 1. The van der Waals surface area contributed by atoms with E-state index in [1.165, 1.54) is 0 Å². The summed E-state index contributed by atoms with van der Waals surface area (Å²) in [5.41, 5.74) is 7.80. The van der Waals surface area contributed by atoms with E-state index in [2.05, 4.69) is 25.5 Å². The molecule has 0 spiro atoms. The van der Waals surface area contributed by atoms with Crippen LogP contribution in [0.3, 0.4) is 0 Å². The fourth-order valence-corrected chi connectivity index (χ4v) is 3.27. The molecule has 3 rings (SSSR count). The van der Waals surface area contributed by atoms with Crippen molar-refractivity contribution in [2.45, 2.75) is 32.9 Å². The van der Waals surface area contributed by atoms with E-state index in [0.29, 0.717) is 19.8 Å². The van der Waals surface area contributed by atoms with Crippen molar-refractivity contribution >= 4 is 44.0 Å². The van der Waals surface area contributed by atoms with Crippen LogP contribution in [-0.4, -0.2) is 33.8 Å². The zero-order chi connectivity index (χ0) is 18.5. The minimum atomic E-state index is -0.738. The predicted octanol–water partition coefficient (Wildman–Crippen LogP) is 3.76. The van der Waals surface area contributed by atoms with Crippen molar-refractivity contribution in [3.63, 3.8) is 0 Å². The van der Waals surface area contributed by atoms with Gasteiger partial charge in [0, 0.05) is 23.0 Å². The molecule has 0 saturated carbocycles. The monoisotopic (exact) mass is 420 g/mol. The first-order valence-electron chi connectivity index (χ1n) is 8.53. The molecule has 0 aliphatic rings. The SMILES string of the molecule is CCOCc1nc2cnc3cc(Br)ccc3c2n1CCCCOC(N)=O. The number of rotatable bonds is 8. The van der Waals surface area contributed by atoms with Crippen molar-refractivity contribution in [2.75, 3.05) is 13.2 Å². The van der Waals surface area contributed by atoms with E-state index in [1.54, 1.807) is 6.20 Å². The molecule has 0 radical (unpaired) electrons. The third kappa shape index (κ3) is 4.13. The van der Waals surface area contributed by atoms with Gasteiger partial charge in [-0.25, -0.2) is 9.78 Å². The lowest BCUT2D eigenvalue weighted by Gasteiger charge is -2.11. The van der Waals surface area contributed by atoms with Gasteiger partial charge in [0.15, 0.2) is 0 Å². The molecule has 2 heterocycles. The summed E-state index contributed by atoms with van der Waals surface area (Å²) in [6.45, 7) is 4.10. The van der Waals surface area contributed by atoms with E-state index in [9.17, 15) is 4.79 Å². The number of imidazole rings is 1. The lowest BCUT2D eigenvalue weighted by molar-refractivity contribution is 0.125. The number of unbranched alkanes of at least 4 members (excludes halogenated alkanes) is 1. The molecule has 8 heteroatoms. The molecule has 0 bridgehead atoms. The zero-order valence-electron chi connectivity index (χ0n) is 14.6. The molecule has 0 saturated heterocycles. The number of nitrogens with two attached hydrogens (primary N) is 1. The van der Waals surface area contributed by atoms with Gasteiger partial charge >= 0.3 is 6.09 Å². The van der Waals surface area contributed by atoms with Crippen LogP contribution in [-0.2, 0) is 22.6 Å². The molecule has 0 unspecified atom stereocenters. The summed E-state index contributed by atoms with van der Waals surface area (Å²) in [5.74, 6) is 0.870. The molecule has 0 fully saturated rings. The Morgan fingerprint density at radius 3 is 2.92 bits per heavy atom. The fourth-order valence-electron chi connectivity index (χ4n) is 2.92. The Hall–Kier alpha value is -2.19. The number of ether oxygens (including phenoxy) is 2. The number of aryl methyl sites for hydroxylation is 1. The normalized spacial score (nSPS) is 11.3. The zero-order valence-corrected chi connectivity index (χ0v) is 16.2. The molecular formula is C18H21BrN4O3. The summed E-state index contributed by atoms with van der Waals surface area (Å²) in [6.07, 6.45) is 2.62. The van der Waals surface area contributed by atoms with Gasteiger partial charge in [0.05, 0.1) is 23.8 Å². The van der Waals surface area contributed by atoms with Gasteiger partial charge in [0.25, 0.3) is 0 Å². The highest BCUT2D eigenvalue weighted by Crippen LogP contribution is 2.27. The second kappa shape index (κ2) is 8.46. The molecular weight excluding hydrogens is 400 g/mol. The third-order valence-corrected chi connectivity index (χ3v) is 4.56. The van der Waals surface area contributed by atoms with Crippen LogP contribution >= 0.6 is 15.9 Å². The van der Waals surface area contributed by atoms with Crippen LogP contribution in [0.15, 0.2) is 28.9 Å². The van der Waals surface area contributed by atoms with Crippen LogP contribution in [0.1, 0.15) is 25.6 Å². The topological polar surface area (TPSA) is 92.3 Å². The van der Waals surface area contributed by atoms with Crippen molar-refractivity contribution in [3.8, 4) is 0 Å². The fraction of sp³-hybridized carbons (Fsp3) is 0.389. The highest BCUT2D eigenvalue weighted by molar-refractivity contribution is 9.10. The number of amides is 1.